The third-order valence-electron chi connectivity index (χ3n) is 8.24. The Labute approximate surface area is 247 Å². The summed E-state index contributed by atoms with van der Waals surface area (Å²) in [6, 6.07) is 13.2. The minimum atomic E-state index is -3.72. The number of hydrogen-bond donors (Lipinski definition) is 4. The van der Waals surface area contributed by atoms with Crippen LogP contribution in [0.3, 0.4) is 0 Å². The van der Waals surface area contributed by atoms with Gasteiger partial charge in [0.1, 0.15) is 6.04 Å². The largest absolute Gasteiger partial charge is 0.494 e. The van der Waals surface area contributed by atoms with Crippen molar-refractivity contribution < 1.29 is 37.3 Å². The molecule has 0 unspecified atom stereocenters. The molecule has 0 radical (unpaired) electrons. The summed E-state index contributed by atoms with van der Waals surface area (Å²) in [6.07, 6.45) is 2.82. The van der Waals surface area contributed by atoms with E-state index in [-0.39, 0.29) is 35.1 Å². The van der Waals surface area contributed by atoms with Crippen LogP contribution in [0.5, 0.6) is 11.6 Å². The number of sulfone groups is 1. The highest BCUT2D eigenvalue weighted by Crippen LogP contribution is 2.44. The number of aliphatic carboxylic acids is 1. The Balaban J connectivity index is 1.45. The molecule has 2 heterocycles. The number of fused-ring (bicyclic) bond motifs is 1. The van der Waals surface area contributed by atoms with Gasteiger partial charge in [-0.3, -0.25) is 9.59 Å². The predicted molar refractivity (Wildman–Crippen MR) is 156 cm³/mol. The zero-order valence-electron chi connectivity index (χ0n) is 23.2. The van der Waals surface area contributed by atoms with Crippen molar-refractivity contribution >= 4 is 38.2 Å². The number of ether oxygens (including phenoxy) is 1. The van der Waals surface area contributed by atoms with E-state index in [0.29, 0.717) is 29.5 Å². The third-order valence-corrected chi connectivity index (χ3v) is 10.6. The molecule has 1 aliphatic heterocycles. The van der Waals surface area contributed by atoms with Crippen LogP contribution < -0.4 is 10.1 Å². The monoisotopic (exact) mass is 607 g/mol. The molecule has 4 N–H and O–H groups in total. The number of amides is 1. The standard InChI is InChI=1S/C31H30FN3O7S/c1-42-25-14-17(7-11-24(25)32)27(34-19-8-6-18-16-33-29(36)23(18)15-19)30(37)35-13-12-22(31(38)39)28(35)21-4-2-3-5-26(21)43(40,41)20-9-10-20/h2-8,11,14-16,20,22,27-28,33-34,36H,9-10,12-13H2,1H3,(H,38,39)/t22-,27+,28-/m0/s1. The van der Waals surface area contributed by atoms with Gasteiger partial charge in [0.05, 0.1) is 29.2 Å². The summed E-state index contributed by atoms with van der Waals surface area (Å²) >= 11 is 0. The minimum Gasteiger partial charge on any atom is -0.494 e. The average molecular weight is 608 g/mol. The lowest BCUT2D eigenvalue weighted by Gasteiger charge is -2.32. The van der Waals surface area contributed by atoms with Crippen molar-refractivity contribution in [2.24, 2.45) is 5.92 Å². The molecule has 2 fully saturated rings. The molecule has 1 saturated carbocycles. The number of anilines is 1. The van der Waals surface area contributed by atoms with Crippen LogP contribution in [0.1, 0.15) is 42.5 Å². The first-order valence-electron chi connectivity index (χ1n) is 13.9. The van der Waals surface area contributed by atoms with Gasteiger partial charge in [-0.2, -0.15) is 0 Å². The van der Waals surface area contributed by atoms with Crippen LogP contribution in [0.25, 0.3) is 10.8 Å². The smallest absolute Gasteiger partial charge is 0.309 e. The van der Waals surface area contributed by atoms with E-state index in [2.05, 4.69) is 10.3 Å². The molecule has 3 atom stereocenters. The molecule has 4 aromatic rings. The van der Waals surface area contributed by atoms with Gasteiger partial charge >= 0.3 is 5.97 Å². The van der Waals surface area contributed by atoms with E-state index < -0.39 is 50.8 Å². The van der Waals surface area contributed by atoms with Gasteiger partial charge in [0.25, 0.3) is 0 Å². The maximum atomic E-state index is 14.5. The van der Waals surface area contributed by atoms with E-state index in [0.717, 1.165) is 5.39 Å². The fourth-order valence-electron chi connectivity index (χ4n) is 5.90. The molecular weight excluding hydrogens is 577 g/mol. The maximum Gasteiger partial charge on any atom is 0.309 e. The Morgan fingerprint density at radius 2 is 1.86 bits per heavy atom. The van der Waals surface area contributed by atoms with E-state index in [1.165, 1.54) is 36.3 Å². The second-order valence-electron chi connectivity index (χ2n) is 10.9. The van der Waals surface area contributed by atoms with Crippen molar-refractivity contribution in [3.05, 3.63) is 83.8 Å². The predicted octanol–water partition coefficient (Wildman–Crippen LogP) is 4.78. The Morgan fingerprint density at radius 3 is 2.58 bits per heavy atom. The number of aromatic hydroxyl groups is 1. The number of rotatable bonds is 9. The summed E-state index contributed by atoms with van der Waals surface area (Å²) in [4.78, 5) is 31.1. The Morgan fingerprint density at radius 1 is 1.09 bits per heavy atom. The second-order valence-corrected chi connectivity index (χ2v) is 13.1. The topological polar surface area (TPSA) is 149 Å². The third kappa shape index (κ3) is 5.16. The number of aromatic amines is 1. The number of likely N-dealkylation sites (tertiary alicyclic amines) is 1. The number of aromatic nitrogens is 1. The van der Waals surface area contributed by atoms with E-state index in [1.54, 1.807) is 42.6 Å². The van der Waals surface area contributed by atoms with Crippen molar-refractivity contribution in [2.45, 2.75) is 41.5 Å². The molecular formula is C31H30FN3O7S. The molecule has 2 aliphatic rings. The van der Waals surface area contributed by atoms with Crippen LogP contribution in [0.4, 0.5) is 10.1 Å². The number of H-pyrrole nitrogens is 1. The molecule has 1 aromatic heterocycles. The van der Waals surface area contributed by atoms with Gasteiger partial charge in [0, 0.05) is 29.2 Å². The number of benzene rings is 3. The number of halogens is 1. The lowest BCUT2D eigenvalue weighted by atomic mass is 9.93. The van der Waals surface area contributed by atoms with E-state index >= 15 is 0 Å². The fourth-order valence-corrected chi connectivity index (χ4v) is 7.80. The fraction of sp³-hybridized carbons (Fsp3) is 0.290. The number of hydrogen-bond acceptors (Lipinski definition) is 7. The van der Waals surface area contributed by atoms with Gasteiger partial charge in [-0.15, -0.1) is 0 Å². The number of nitrogens with zero attached hydrogens (tertiary/aromatic N) is 1. The number of nitrogens with one attached hydrogen (secondary N) is 2. The molecule has 10 nitrogen and oxygen atoms in total. The first-order valence-corrected chi connectivity index (χ1v) is 15.4. The van der Waals surface area contributed by atoms with Crippen LogP contribution >= 0.6 is 0 Å². The zero-order valence-corrected chi connectivity index (χ0v) is 24.0. The number of carbonyl (C=O) groups is 2. The number of methoxy groups -OCH3 is 1. The summed E-state index contributed by atoms with van der Waals surface area (Å²) < 4.78 is 46.4. The van der Waals surface area contributed by atoms with Gasteiger partial charge in [-0.05, 0) is 60.7 Å². The summed E-state index contributed by atoms with van der Waals surface area (Å²) in [7, 11) is -2.41. The molecule has 3 aromatic carbocycles. The van der Waals surface area contributed by atoms with Gasteiger partial charge in [0.2, 0.25) is 5.91 Å². The first-order chi connectivity index (χ1) is 20.6. The number of carbonyl (C=O) groups excluding carboxylic acids is 1. The van der Waals surface area contributed by atoms with Crippen LogP contribution in [0, 0.1) is 11.7 Å². The summed E-state index contributed by atoms with van der Waals surface area (Å²) in [6.45, 7) is 0.0619. The molecule has 43 heavy (non-hydrogen) atoms. The highest BCUT2D eigenvalue weighted by molar-refractivity contribution is 7.92. The molecule has 1 aliphatic carbocycles. The Kier molecular flexibility index (Phi) is 7.25. The Hall–Kier alpha value is -4.58. The average Bonchev–Trinajstić information content (AvgIpc) is 3.68. The van der Waals surface area contributed by atoms with Crippen molar-refractivity contribution in [3.8, 4) is 11.6 Å². The number of carboxylic acids is 1. The van der Waals surface area contributed by atoms with Gasteiger partial charge in [0.15, 0.2) is 27.3 Å². The van der Waals surface area contributed by atoms with Crippen molar-refractivity contribution in [1.82, 2.24) is 9.88 Å². The highest BCUT2D eigenvalue weighted by atomic mass is 32.2. The van der Waals surface area contributed by atoms with E-state index in [1.807, 2.05) is 0 Å². The maximum absolute atomic E-state index is 14.5. The first kappa shape index (κ1) is 28.5. The van der Waals surface area contributed by atoms with Crippen LogP contribution in [-0.4, -0.2) is 59.3 Å². The summed E-state index contributed by atoms with van der Waals surface area (Å²) in [5.74, 6) is -3.48. The van der Waals surface area contributed by atoms with Crippen LogP contribution in [-0.2, 0) is 19.4 Å². The van der Waals surface area contributed by atoms with Crippen LogP contribution in [0.15, 0.2) is 71.8 Å². The van der Waals surface area contributed by atoms with Gasteiger partial charge in [-0.25, -0.2) is 12.8 Å². The van der Waals surface area contributed by atoms with Gasteiger partial charge < -0.3 is 30.2 Å². The van der Waals surface area contributed by atoms with Crippen LogP contribution in [0.2, 0.25) is 0 Å². The Bertz CT molecular complexity index is 1840. The molecule has 6 rings (SSSR count). The second kappa shape index (κ2) is 10.9. The van der Waals surface area contributed by atoms with E-state index in [9.17, 15) is 32.6 Å². The summed E-state index contributed by atoms with van der Waals surface area (Å²) in [5.41, 5.74) is 1.08. The normalized spacial score (nSPS) is 19.3. The van der Waals surface area contributed by atoms with Crippen molar-refractivity contribution in [2.75, 3.05) is 19.0 Å². The lowest BCUT2D eigenvalue weighted by molar-refractivity contribution is -0.143. The molecule has 1 saturated heterocycles. The minimum absolute atomic E-state index is 0.0368. The summed E-state index contributed by atoms with van der Waals surface area (Å²) in [5, 5.41) is 24.3. The zero-order chi connectivity index (χ0) is 30.5. The molecule has 1 amide bonds. The quantitative estimate of drug-likeness (QED) is 0.212. The molecule has 0 bridgehead atoms. The van der Waals surface area contributed by atoms with E-state index in [4.69, 9.17) is 4.74 Å². The number of carboxylic acid groups (broad SMARTS) is 1. The SMILES string of the molecule is COc1cc([C@@H](Nc2ccc3c[nH]c(O)c3c2)C(=O)N2CC[C@H](C(=O)O)[C@@H]2c2ccccc2S(=O)(=O)C2CC2)ccc1F. The lowest BCUT2D eigenvalue weighted by Crippen LogP contribution is -2.40. The molecule has 0 spiro atoms. The molecule has 12 heteroatoms. The van der Waals surface area contributed by atoms with Gasteiger partial charge in [-0.1, -0.05) is 30.3 Å². The highest BCUT2D eigenvalue weighted by Gasteiger charge is 2.47. The molecule has 224 valence electrons. The van der Waals surface area contributed by atoms with Crippen molar-refractivity contribution in [3.63, 3.8) is 0 Å². The van der Waals surface area contributed by atoms with Crippen molar-refractivity contribution in [1.29, 1.82) is 0 Å².